The largest absolute Gasteiger partial charge is 0.478 e. The Morgan fingerprint density at radius 3 is 1.92 bits per heavy atom. The molecule has 0 atom stereocenters. The lowest BCUT2D eigenvalue weighted by molar-refractivity contribution is -0.116. The number of carboxylic acid groups (broad SMARTS) is 2. The van der Waals surface area contributed by atoms with Crippen molar-refractivity contribution in [2.75, 3.05) is 5.01 Å². The predicted octanol–water partition coefficient (Wildman–Crippen LogP) is 8.05. The third-order valence-corrected chi connectivity index (χ3v) is 8.12. The molecule has 0 saturated carbocycles. The summed E-state index contributed by atoms with van der Waals surface area (Å²) in [7, 11) is 0. The van der Waals surface area contributed by atoms with Gasteiger partial charge in [-0.25, -0.2) is 14.6 Å². The number of unbranched alkanes of at least 4 members (excludes halogenated alkanes) is 14. The number of carboxylic acids is 2. The Hall–Kier alpha value is -2.81. The molecule has 1 aliphatic rings. The van der Waals surface area contributed by atoms with Crippen molar-refractivity contribution in [1.29, 1.82) is 0 Å². The molecule has 0 spiro atoms. The van der Waals surface area contributed by atoms with Gasteiger partial charge in [0, 0.05) is 5.71 Å². The van der Waals surface area contributed by atoms with Gasteiger partial charge in [-0.05, 0) is 25.0 Å². The van der Waals surface area contributed by atoms with Crippen molar-refractivity contribution in [3.05, 3.63) is 23.3 Å². The first-order valence-electron chi connectivity index (χ1n) is 14.2. The Morgan fingerprint density at radius 2 is 1.39 bits per heavy atom. The van der Waals surface area contributed by atoms with E-state index in [1.54, 1.807) is 0 Å². The van der Waals surface area contributed by atoms with Gasteiger partial charge < -0.3 is 10.2 Å². The van der Waals surface area contributed by atoms with E-state index in [0.29, 0.717) is 4.70 Å². The lowest BCUT2D eigenvalue weighted by Crippen LogP contribution is -2.19. The molecule has 2 aromatic rings. The number of anilines is 1. The zero-order chi connectivity index (χ0) is 27.3. The lowest BCUT2D eigenvalue weighted by atomic mass is 10.0. The van der Waals surface area contributed by atoms with Crippen LogP contribution >= 0.6 is 11.3 Å². The van der Waals surface area contributed by atoms with Crippen molar-refractivity contribution < 1.29 is 24.6 Å². The molecule has 1 aromatic heterocycles. The van der Waals surface area contributed by atoms with Crippen LogP contribution in [0.1, 0.15) is 137 Å². The van der Waals surface area contributed by atoms with Crippen LogP contribution in [0.4, 0.5) is 5.13 Å². The predicted molar refractivity (Wildman–Crippen MR) is 153 cm³/mol. The van der Waals surface area contributed by atoms with Crippen molar-refractivity contribution in [3.8, 4) is 0 Å². The van der Waals surface area contributed by atoms with Gasteiger partial charge in [0.1, 0.15) is 0 Å². The Morgan fingerprint density at radius 1 is 0.842 bits per heavy atom. The molecule has 0 radical (unpaired) electrons. The summed E-state index contributed by atoms with van der Waals surface area (Å²) in [4.78, 5) is 39.9. The fourth-order valence-corrected chi connectivity index (χ4v) is 5.89. The van der Waals surface area contributed by atoms with Gasteiger partial charge in [-0.3, -0.25) is 4.79 Å². The Balaban J connectivity index is 1.35. The molecule has 0 bridgehead atoms. The monoisotopic (exact) mass is 543 g/mol. The number of hydrogen-bond donors (Lipinski definition) is 2. The Bertz CT molecular complexity index is 1130. The molecule has 1 amide bonds. The van der Waals surface area contributed by atoms with Crippen molar-refractivity contribution in [2.24, 2.45) is 5.10 Å². The van der Waals surface area contributed by atoms with Gasteiger partial charge in [-0.1, -0.05) is 108 Å². The van der Waals surface area contributed by atoms with Crippen LogP contribution in [0.2, 0.25) is 0 Å². The van der Waals surface area contributed by atoms with E-state index >= 15 is 0 Å². The average Bonchev–Trinajstić information content (AvgIpc) is 3.48. The molecule has 9 heteroatoms. The lowest BCUT2D eigenvalue weighted by Gasteiger charge is -2.05. The number of carbonyl (C=O) groups is 3. The van der Waals surface area contributed by atoms with Crippen LogP contribution in [0.25, 0.3) is 10.2 Å². The second kappa shape index (κ2) is 15.6. The number of aromatic carboxylic acids is 2. The standard InChI is InChI=1S/C29H41N3O5S/c1-2-3-4-5-6-7-8-9-10-11-12-13-14-15-16-17-22-20-25(33)32(31-22)29-30-24-19-21(27(34)35)18-23(28(36)37)26(24)38-29/h18-19H,2-17,20H2,1H3,(H,34,35)(H,36,37). The van der Waals surface area contributed by atoms with Crippen LogP contribution in [-0.2, 0) is 4.79 Å². The van der Waals surface area contributed by atoms with E-state index in [9.17, 15) is 24.6 Å². The first kappa shape index (κ1) is 29.7. The molecular formula is C29H41N3O5S. The molecule has 1 aliphatic heterocycles. The van der Waals surface area contributed by atoms with E-state index in [-0.39, 0.29) is 34.1 Å². The number of thiazole rings is 1. The highest BCUT2D eigenvalue weighted by atomic mass is 32.1. The van der Waals surface area contributed by atoms with Crippen LogP contribution < -0.4 is 5.01 Å². The summed E-state index contributed by atoms with van der Waals surface area (Å²) in [6.07, 6.45) is 20.5. The summed E-state index contributed by atoms with van der Waals surface area (Å²) in [5.74, 6) is -2.67. The molecule has 8 nitrogen and oxygen atoms in total. The second-order valence-corrected chi connectivity index (χ2v) is 11.2. The number of carbonyl (C=O) groups excluding carboxylic acids is 1. The summed E-state index contributed by atoms with van der Waals surface area (Å²) in [5.41, 5.74) is 0.754. The minimum atomic E-state index is -1.24. The molecule has 2 heterocycles. The topological polar surface area (TPSA) is 120 Å². The second-order valence-electron chi connectivity index (χ2n) is 10.2. The van der Waals surface area contributed by atoms with Crippen LogP contribution in [0.5, 0.6) is 0 Å². The Kier molecular flexibility index (Phi) is 12.2. The number of amides is 1. The van der Waals surface area contributed by atoms with Crippen LogP contribution in [0.15, 0.2) is 17.2 Å². The highest BCUT2D eigenvalue weighted by Gasteiger charge is 2.28. The Labute approximate surface area is 229 Å². The van der Waals surface area contributed by atoms with E-state index in [2.05, 4.69) is 17.0 Å². The summed E-state index contributed by atoms with van der Waals surface area (Å²) >= 11 is 1.04. The first-order chi connectivity index (χ1) is 18.4. The van der Waals surface area contributed by atoms with Crippen molar-refractivity contribution in [2.45, 2.75) is 116 Å². The smallest absolute Gasteiger partial charge is 0.337 e. The number of hydrazone groups is 1. The van der Waals surface area contributed by atoms with Gasteiger partial charge in [-0.2, -0.15) is 10.1 Å². The number of fused-ring (bicyclic) bond motifs is 1. The van der Waals surface area contributed by atoms with Crippen LogP contribution in [-0.4, -0.2) is 38.8 Å². The van der Waals surface area contributed by atoms with Crippen molar-refractivity contribution >= 4 is 50.2 Å². The summed E-state index contributed by atoms with van der Waals surface area (Å²) in [6, 6.07) is 2.44. The molecule has 38 heavy (non-hydrogen) atoms. The van der Waals surface area contributed by atoms with Crippen LogP contribution in [0.3, 0.4) is 0 Å². The maximum atomic E-state index is 12.6. The number of hydrogen-bond acceptors (Lipinski definition) is 6. The fourth-order valence-electron chi connectivity index (χ4n) is 4.86. The number of rotatable bonds is 19. The van der Waals surface area contributed by atoms with E-state index in [4.69, 9.17) is 0 Å². The number of nitrogens with zero attached hydrogens (tertiary/aromatic N) is 3. The van der Waals surface area contributed by atoms with E-state index in [1.807, 2.05) is 0 Å². The van der Waals surface area contributed by atoms with Gasteiger partial charge >= 0.3 is 11.9 Å². The average molecular weight is 544 g/mol. The van der Waals surface area contributed by atoms with Crippen LogP contribution in [0, 0.1) is 0 Å². The summed E-state index contributed by atoms with van der Waals surface area (Å²) in [6.45, 7) is 2.26. The SMILES string of the molecule is CCCCCCCCCCCCCCCCCC1=NN(c2nc3cc(C(=O)O)cc(C(=O)O)c3s2)C(=O)C1. The molecule has 3 rings (SSSR count). The highest BCUT2D eigenvalue weighted by molar-refractivity contribution is 7.22. The van der Waals surface area contributed by atoms with Crippen molar-refractivity contribution in [1.82, 2.24) is 4.98 Å². The third kappa shape index (κ3) is 8.89. The van der Waals surface area contributed by atoms with Gasteiger partial charge in [0.2, 0.25) is 5.13 Å². The number of aromatic nitrogens is 1. The zero-order valence-electron chi connectivity index (χ0n) is 22.5. The van der Waals surface area contributed by atoms with Gasteiger partial charge in [0.15, 0.2) is 0 Å². The molecule has 2 N–H and O–H groups in total. The zero-order valence-corrected chi connectivity index (χ0v) is 23.4. The minimum absolute atomic E-state index is 0.141. The maximum Gasteiger partial charge on any atom is 0.337 e. The van der Waals surface area contributed by atoms with E-state index in [1.165, 1.54) is 94.5 Å². The molecular weight excluding hydrogens is 502 g/mol. The van der Waals surface area contributed by atoms with Gasteiger partial charge in [0.25, 0.3) is 5.91 Å². The molecule has 0 aliphatic carbocycles. The molecule has 0 fully saturated rings. The summed E-state index contributed by atoms with van der Waals surface area (Å²) < 4.78 is 0.330. The van der Waals surface area contributed by atoms with Crippen molar-refractivity contribution in [3.63, 3.8) is 0 Å². The number of benzene rings is 1. The normalized spacial score (nSPS) is 13.4. The molecule has 1 aromatic carbocycles. The van der Waals surface area contributed by atoms with Gasteiger partial charge in [-0.15, -0.1) is 0 Å². The summed E-state index contributed by atoms with van der Waals surface area (Å²) in [5, 5.41) is 24.7. The first-order valence-corrected chi connectivity index (χ1v) is 15.0. The molecule has 208 valence electrons. The highest BCUT2D eigenvalue weighted by Crippen LogP contribution is 2.34. The van der Waals surface area contributed by atoms with E-state index in [0.717, 1.165) is 42.4 Å². The third-order valence-electron chi connectivity index (χ3n) is 7.04. The van der Waals surface area contributed by atoms with Gasteiger partial charge in [0.05, 0.1) is 27.8 Å². The quantitative estimate of drug-likeness (QED) is 0.173. The van der Waals surface area contributed by atoms with E-state index < -0.39 is 11.9 Å². The molecule has 0 saturated heterocycles. The fraction of sp³-hybridized carbons (Fsp3) is 0.621. The molecule has 0 unspecified atom stereocenters. The minimum Gasteiger partial charge on any atom is -0.478 e. The maximum absolute atomic E-state index is 12.6.